The molecule has 126 valence electrons. The third-order valence-corrected chi connectivity index (χ3v) is 4.05. The number of nitrogens with one attached hydrogen (secondary N) is 1. The van der Waals surface area contributed by atoms with Crippen molar-refractivity contribution in [3.63, 3.8) is 0 Å². The zero-order valence-corrected chi connectivity index (χ0v) is 14.4. The van der Waals surface area contributed by atoms with Crippen molar-refractivity contribution in [1.82, 2.24) is 0 Å². The summed E-state index contributed by atoms with van der Waals surface area (Å²) < 4.78 is 0. The standard InChI is InChI=1S/C19H23N3O2/c1-4-14-11-15(5-2)19(16(6-3)12-14)13-20-21-17-7-9-18(10-8-17)22(23)24/h7-13,21H,4-6H2,1-3H3/b20-13+. The number of non-ortho nitro benzene ring substituents is 1. The topological polar surface area (TPSA) is 67.5 Å². The highest BCUT2D eigenvalue weighted by Crippen LogP contribution is 2.19. The largest absolute Gasteiger partial charge is 0.278 e. The monoisotopic (exact) mass is 325 g/mol. The summed E-state index contributed by atoms with van der Waals surface area (Å²) in [6.45, 7) is 6.46. The fourth-order valence-corrected chi connectivity index (χ4v) is 2.63. The van der Waals surface area contributed by atoms with Crippen molar-refractivity contribution in [2.24, 2.45) is 5.10 Å². The Morgan fingerprint density at radius 1 is 1.04 bits per heavy atom. The molecule has 0 radical (unpaired) electrons. The van der Waals surface area contributed by atoms with Crippen molar-refractivity contribution < 1.29 is 4.92 Å². The van der Waals surface area contributed by atoms with Gasteiger partial charge in [0.2, 0.25) is 0 Å². The Morgan fingerprint density at radius 3 is 2.08 bits per heavy atom. The molecular formula is C19H23N3O2. The predicted octanol–water partition coefficient (Wildman–Crippen LogP) is 4.73. The molecule has 0 fully saturated rings. The summed E-state index contributed by atoms with van der Waals surface area (Å²) in [6, 6.07) is 10.7. The van der Waals surface area contributed by atoms with Gasteiger partial charge in [-0.1, -0.05) is 32.9 Å². The highest BCUT2D eigenvalue weighted by Gasteiger charge is 2.07. The van der Waals surface area contributed by atoms with E-state index in [0.717, 1.165) is 30.5 Å². The van der Waals surface area contributed by atoms with Crippen molar-refractivity contribution in [2.75, 3.05) is 5.43 Å². The number of rotatable bonds is 7. The molecule has 2 rings (SSSR count). The van der Waals surface area contributed by atoms with E-state index >= 15 is 0 Å². The molecule has 0 saturated heterocycles. The zero-order valence-electron chi connectivity index (χ0n) is 14.4. The second-order valence-corrected chi connectivity index (χ2v) is 5.56. The lowest BCUT2D eigenvalue weighted by Gasteiger charge is -2.12. The van der Waals surface area contributed by atoms with Crippen LogP contribution in [0.2, 0.25) is 0 Å². The maximum absolute atomic E-state index is 10.7. The van der Waals surface area contributed by atoms with Crippen molar-refractivity contribution in [1.29, 1.82) is 0 Å². The van der Waals surface area contributed by atoms with E-state index in [2.05, 4.69) is 43.4 Å². The molecular weight excluding hydrogens is 302 g/mol. The van der Waals surface area contributed by atoms with Crippen molar-refractivity contribution in [2.45, 2.75) is 40.0 Å². The molecule has 0 saturated carbocycles. The Labute approximate surface area is 142 Å². The van der Waals surface area contributed by atoms with E-state index in [1.165, 1.54) is 28.8 Å². The van der Waals surface area contributed by atoms with Gasteiger partial charge in [0.25, 0.3) is 5.69 Å². The van der Waals surface area contributed by atoms with Gasteiger partial charge in [-0.2, -0.15) is 5.10 Å². The smallest absolute Gasteiger partial charge is 0.269 e. The fourth-order valence-electron chi connectivity index (χ4n) is 2.63. The number of hydrogen-bond acceptors (Lipinski definition) is 4. The van der Waals surface area contributed by atoms with Gasteiger partial charge in [0.05, 0.1) is 16.8 Å². The molecule has 24 heavy (non-hydrogen) atoms. The normalized spacial score (nSPS) is 11.0. The van der Waals surface area contributed by atoms with Crippen LogP contribution < -0.4 is 5.43 Å². The number of aryl methyl sites for hydroxylation is 3. The molecule has 5 heteroatoms. The first-order valence-corrected chi connectivity index (χ1v) is 8.27. The van der Waals surface area contributed by atoms with E-state index in [1.807, 2.05) is 6.21 Å². The van der Waals surface area contributed by atoms with Gasteiger partial charge in [-0.05, 0) is 48.1 Å². The Hall–Kier alpha value is -2.69. The lowest BCUT2D eigenvalue weighted by molar-refractivity contribution is -0.384. The number of nitrogens with zero attached hydrogens (tertiary/aromatic N) is 2. The van der Waals surface area contributed by atoms with Crippen LogP contribution in [0.3, 0.4) is 0 Å². The molecule has 2 aromatic rings. The molecule has 0 aliphatic rings. The predicted molar refractivity (Wildman–Crippen MR) is 98.9 cm³/mol. The van der Waals surface area contributed by atoms with E-state index in [4.69, 9.17) is 0 Å². The molecule has 0 spiro atoms. The van der Waals surface area contributed by atoms with Crippen molar-refractivity contribution in [3.8, 4) is 0 Å². The summed E-state index contributed by atoms with van der Waals surface area (Å²) in [5.74, 6) is 0. The quantitative estimate of drug-likeness (QED) is 0.454. The average Bonchev–Trinajstić information content (AvgIpc) is 2.61. The highest BCUT2D eigenvalue weighted by molar-refractivity contribution is 5.84. The molecule has 0 aromatic heterocycles. The maximum atomic E-state index is 10.7. The molecule has 0 atom stereocenters. The van der Waals surface area contributed by atoms with Crippen LogP contribution in [0.25, 0.3) is 0 Å². The summed E-state index contributed by atoms with van der Waals surface area (Å²) in [5.41, 5.74) is 8.82. The van der Waals surface area contributed by atoms with Crippen LogP contribution in [-0.4, -0.2) is 11.1 Å². The summed E-state index contributed by atoms with van der Waals surface area (Å²) in [7, 11) is 0. The van der Waals surface area contributed by atoms with Gasteiger partial charge < -0.3 is 0 Å². The van der Waals surface area contributed by atoms with Gasteiger partial charge in [-0.15, -0.1) is 0 Å². The first kappa shape index (κ1) is 17.7. The first-order chi connectivity index (χ1) is 11.6. The van der Waals surface area contributed by atoms with Crippen molar-refractivity contribution in [3.05, 3.63) is 68.8 Å². The number of hydrazone groups is 1. The van der Waals surface area contributed by atoms with Gasteiger partial charge in [0.1, 0.15) is 0 Å². The van der Waals surface area contributed by atoms with Crippen LogP contribution in [0, 0.1) is 10.1 Å². The van der Waals surface area contributed by atoms with Gasteiger partial charge in [-0.3, -0.25) is 15.5 Å². The van der Waals surface area contributed by atoms with Gasteiger partial charge >= 0.3 is 0 Å². The average molecular weight is 325 g/mol. The van der Waals surface area contributed by atoms with Gasteiger partial charge in [0.15, 0.2) is 0 Å². The Morgan fingerprint density at radius 2 is 1.62 bits per heavy atom. The molecule has 2 aromatic carbocycles. The molecule has 0 aliphatic heterocycles. The van der Waals surface area contributed by atoms with Crippen LogP contribution in [0.5, 0.6) is 0 Å². The minimum Gasteiger partial charge on any atom is -0.278 e. The third kappa shape index (κ3) is 4.19. The second-order valence-electron chi connectivity index (χ2n) is 5.56. The van der Waals surface area contributed by atoms with Gasteiger partial charge in [0, 0.05) is 17.7 Å². The zero-order chi connectivity index (χ0) is 17.5. The minimum atomic E-state index is -0.413. The Balaban J connectivity index is 2.20. The number of hydrogen-bond donors (Lipinski definition) is 1. The van der Waals surface area contributed by atoms with E-state index in [0.29, 0.717) is 0 Å². The van der Waals surface area contributed by atoms with Crippen LogP contribution in [-0.2, 0) is 19.3 Å². The molecule has 0 aliphatic carbocycles. The minimum absolute atomic E-state index is 0.0706. The van der Waals surface area contributed by atoms with E-state index in [1.54, 1.807) is 12.1 Å². The molecule has 0 amide bonds. The lowest BCUT2D eigenvalue weighted by Crippen LogP contribution is -2.02. The molecule has 5 nitrogen and oxygen atoms in total. The van der Waals surface area contributed by atoms with Gasteiger partial charge in [-0.25, -0.2) is 0 Å². The summed E-state index contributed by atoms with van der Waals surface area (Å²) in [4.78, 5) is 10.2. The lowest BCUT2D eigenvalue weighted by atomic mass is 9.94. The number of anilines is 1. The SMILES string of the molecule is CCc1cc(CC)c(/C=N/Nc2ccc([N+](=O)[O-])cc2)c(CC)c1. The summed E-state index contributed by atoms with van der Waals surface area (Å²) >= 11 is 0. The Kier molecular flexibility index (Phi) is 6.07. The van der Waals surface area contributed by atoms with Crippen LogP contribution in [0.15, 0.2) is 41.5 Å². The Bertz CT molecular complexity index is 712. The van der Waals surface area contributed by atoms with E-state index < -0.39 is 4.92 Å². The molecule has 1 N–H and O–H groups in total. The molecule has 0 heterocycles. The third-order valence-electron chi connectivity index (χ3n) is 4.05. The molecule has 0 unspecified atom stereocenters. The highest BCUT2D eigenvalue weighted by atomic mass is 16.6. The summed E-state index contributed by atoms with van der Waals surface area (Å²) in [5, 5.41) is 15.0. The van der Waals surface area contributed by atoms with Crippen LogP contribution in [0.4, 0.5) is 11.4 Å². The number of nitro benzene ring substituents is 1. The maximum Gasteiger partial charge on any atom is 0.269 e. The van der Waals surface area contributed by atoms with Crippen molar-refractivity contribution >= 4 is 17.6 Å². The second kappa shape index (κ2) is 8.24. The van der Waals surface area contributed by atoms with Crippen LogP contribution in [0.1, 0.15) is 43.0 Å². The first-order valence-electron chi connectivity index (χ1n) is 8.27. The fraction of sp³-hybridized carbons (Fsp3) is 0.316. The van der Waals surface area contributed by atoms with Crippen LogP contribution >= 0.6 is 0 Å². The summed E-state index contributed by atoms with van der Waals surface area (Å²) in [6.07, 6.45) is 4.79. The number of nitro groups is 1. The molecule has 0 bridgehead atoms. The van der Waals surface area contributed by atoms with E-state index in [-0.39, 0.29) is 5.69 Å². The number of benzene rings is 2. The van der Waals surface area contributed by atoms with E-state index in [9.17, 15) is 10.1 Å².